The van der Waals surface area contributed by atoms with Crippen LogP contribution in [-0.2, 0) is 9.47 Å². The molecule has 0 radical (unpaired) electrons. The van der Waals surface area contributed by atoms with Crippen LogP contribution in [0.15, 0.2) is 0 Å². The number of piperidine rings is 1. The molecule has 16 heavy (non-hydrogen) atoms. The highest BCUT2D eigenvalue weighted by atomic mass is 16.5. The molecule has 2 saturated heterocycles. The lowest BCUT2D eigenvalue weighted by Gasteiger charge is -2.44. The second-order valence-electron chi connectivity index (χ2n) is 4.69. The molecular formula is C13H27NO2. The monoisotopic (exact) mass is 229 g/mol. The quantitative estimate of drug-likeness (QED) is 0.688. The third kappa shape index (κ3) is 3.44. The minimum Gasteiger partial charge on any atom is -0.379 e. The molecule has 1 spiro atoms. The number of methoxy groups -OCH3 is 1. The SMILES string of the molecule is CC.COC1CCC2(CCN(C)CC2)OC1. The van der Waals surface area contributed by atoms with Gasteiger partial charge in [0.2, 0.25) is 0 Å². The smallest absolute Gasteiger partial charge is 0.0806 e. The van der Waals surface area contributed by atoms with Crippen molar-refractivity contribution in [2.75, 3.05) is 33.9 Å². The molecule has 3 heteroatoms. The molecule has 2 rings (SSSR count). The predicted octanol–water partition coefficient (Wildman–Crippen LogP) is 2.30. The number of rotatable bonds is 1. The van der Waals surface area contributed by atoms with Gasteiger partial charge in [0.15, 0.2) is 0 Å². The topological polar surface area (TPSA) is 21.7 Å². The summed E-state index contributed by atoms with van der Waals surface area (Å²) in [5.41, 5.74) is 0.196. The van der Waals surface area contributed by atoms with Crippen molar-refractivity contribution in [2.24, 2.45) is 0 Å². The van der Waals surface area contributed by atoms with Crippen molar-refractivity contribution in [3.63, 3.8) is 0 Å². The molecule has 2 aliphatic heterocycles. The van der Waals surface area contributed by atoms with E-state index >= 15 is 0 Å². The molecule has 0 N–H and O–H groups in total. The first kappa shape index (κ1) is 13.9. The van der Waals surface area contributed by atoms with E-state index < -0.39 is 0 Å². The Morgan fingerprint density at radius 2 is 1.81 bits per heavy atom. The highest BCUT2D eigenvalue weighted by Gasteiger charge is 2.38. The first-order valence-corrected chi connectivity index (χ1v) is 6.59. The zero-order chi connectivity index (χ0) is 12.0. The maximum absolute atomic E-state index is 6.01. The summed E-state index contributed by atoms with van der Waals surface area (Å²) in [6.45, 7) is 7.15. The molecule has 1 atom stereocenters. The lowest BCUT2D eigenvalue weighted by atomic mass is 9.84. The van der Waals surface area contributed by atoms with Gasteiger partial charge >= 0.3 is 0 Å². The van der Waals surface area contributed by atoms with Crippen molar-refractivity contribution < 1.29 is 9.47 Å². The van der Waals surface area contributed by atoms with E-state index in [-0.39, 0.29) is 5.60 Å². The van der Waals surface area contributed by atoms with Gasteiger partial charge in [-0.3, -0.25) is 0 Å². The van der Waals surface area contributed by atoms with Crippen LogP contribution in [-0.4, -0.2) is 50.5 Å². The Kier molecular flexibility index (Phi) is 5.73. The summed E-state index contributed by atoms with van der Waals surface area (Å²) in [7, 11) is 3.97. The average Bonchev–Trinajstić information content (AvgIpc) is 2.37. The van der Waals surface area contributed by atoms with E-state index in [2.05, 4.69) is 11.9 Å². The third-order valence-corrected chi connectivity index (χ3v) is 3.73. The van der Waals surface area contributed by atoms with Crippen LogP contribution in [0.5, 0.6) is 0 Å². The second kappa shape index (κ2) is 6.58. The van der Waals surface area contributed by atoms with Crippen LogP contribution in [0.4, 0.5) is 0 Å². The van der Waals surface area contributed by atoms with Gasteiger partial charge in [-0.2, -0.15) is 0 Å². The van der Waals surface area contributed by atoms with Crippen molar-refractivity contribution in [3.05, 3.63) is 0 Å². The Labute approximate surface area is 100 Å². The summed E-state index contributed by atoms with van der Waals surface area (Å²) in [5.74, 6) is 0. The van der Waals surface area contributed by atoms with E-state index in [1.807, 2.05) is 13.8 Å². The van der Waals surface area contributed by atoms with Crippen molar-refractivity contribution in [3.8, 4) is 0 Å². The molecule has 0 aromatic carbocycles. The fraction of sp³-hybridized carbons (Fsp3) is 1.00. The number of ether oxygens (including phenoxy) is 2. The van der Waals surface area contributed by atoms with Crippen LogP contribution in [0.1, 0.15) is 39.5 Å². The predicted molar refractivity (Wildman–Crippen MR) is 66.8 cm³/mol. The molecule has 2 aliphatic rings. The summed E-state index contributed by atoms with van der Waals surface area (Å²) in [6.07, 6.45) is 5.07. The molecule has 96 valence electrons. The van der Waals surface area contributed by atoms with Gasteiger partial charge in [0, 0.05) is 20.2 Å². The van der Waals surface area contributed by atoms with E-state index in [9.17, 15) is 0 Å². The van der Waals surface area contributed by atoms with Crippen molar-refractivity contribution in [1.29, 1.82) is 0 Å². The van der Waals surface area contributed by atoms with Gasteiger partial charge in [-0.15, -0.1) is 0 Å². The van der Waals surface area contributed by atoms with Crippen molar-refractivity contribution >= 4 is 0 Å². The highest BCUT2D eigenvalue weighted by Crippen LogP contribution is 2.34. The summed E-state index contributed by atoms with van der Waals surface area (Å²) < 4.78 is 11.3. The molecule has 3 nitrogen and oxygen atoms in total. The first-order valence-electron chi connectivity index (χ1n) is 6.59. The van der Waals surface area contributed by atoms with Gasteiger partial charge in [0.1, 0.15) is 0 Å². The number of hydrogen-bond donors (Lipinski definition) is 0. The fourth-order valence-electron chi connectivity index (χ4n) is 2.46. The van der Waals surface area contributed by atoms with Crippen molar-refractivity contribution in [1.82, 2.24) is 4.90 Å². The van der Waals surface area contributed by atoms with Gasteiger partial charge in [-0.1, -0.05) is 13.8 Å². The van der Waals surface area contributed by atoms with Crippen molar-refractivity contribution in [2.45, 2.75) is 51.2 Å². The normalized spacial score (nSPS) is 29.6. The van der Waals surface area contributed by atoms with Crippen LogP contribution in [0.2, 0.25) is 0 Å². The van der Waals surface area contributed by atoms with E-state index in [0.717, 1.165) is 6.61 Å². The maximum Gasteiger partial charge on any atom is 0.0806 e. The second-order valence-corrected chi connectivity index (χ2v) is 4.69. The lowest BCUT2D eigenvalue weighted by Crippen LogP contribution is -2.49. The zero-order valence-corrected chi connectivity index (χ0v) is 11.3. The van der Waals surface area contributed by atoms with Crippen LogP contribution in [0.3, 0.4) is 0 Å². The molecule has 0 aromatic heterocycles. The first-order chi connectivity index (χ1) is 7.74. The molecule has 1 unspecified atom stereocenters. The summed E-state index contributed by atoms with van der Waals surface area (Å²) >= 11 is 0. The Balaban J connectivity index is 0.000000606. The van der Waals surface area contributed by atoms with Gasteiger partial charge in [0.25, 0.3) is 0 Å². The molecule has 0 amide bonds. The summed E-state index contributed by atoms with van der Waals surface area (Å²) in [5, 5.41) is 0. The maximum atomic E-state index is 6.01. The largest absolute Gasteiger partial charge is 0.379 e. The van der Waals surface area contributed by atoms with E-state index in [1.165, 1.54) is 38.8 Å². The Morgan fingerprint density at radius 1 is 1.19 bits per heavy atom. The van der Waals surface area contributed by atoms with Gasteiger partial charge in [-0.05, 0) is 32.7 Å². The zero-order valence-electron chi connectivity index (χ0n) is 11.3. The Bertz CT molecular complexity index is 178. The molecule has 0 saturated carbocycles. The third-order valence-electron chi connectivity index (χ3n) is 3.73. The van der Waals surface area contributed by atoms with Gasteiger partial charge in [0.05, 0.1) is 18.3 Å². The Morgan fingerprint density at radius 3 is 2.25 bits per heavy atom. The molecule has 2 fully saturated rings. The van der Waals surface area contributed by atoms with Gasteiger partial charge in [-0.25, -0.2) is 0 Å². The number of hydrogen-bond acceptors (Lipinski definition) is 3. The van der Waals surface area contributed by atoms with Crippen LogP contribution < -0.4 is 0 Å². The molecule has 0 bridgehead atoms. The Hall–Kier alpha value is -0.120. The van der Waals surface area contributed by atoms with Gasteiger partial charge < -0.3 is 14.4 Å². The van der Waals surface area contributed by atoms with E-state index in [4.69, 9.17) is 9.47 Å². The van der Waals surface area contributed by atoms with E-state index in [1.54, 1.807) is 7.11 Å². The number of likely N-dealkylation sites (tertiary alicyclic amines) is 1. The standard InChI is InChI=1S/C11H21NO2.C2H6/c1-12-7-5-11(6-8-12)4-3-10(13-2)9-14-11;1-2/h10H,3-9H2,1-2H3;1-2H3. The minimum absolute atomic E-state index is 0.196. The molecule has 0 aliphatic carbocycles. The average molecular weight is 229 g/mol. The summed E-state index contributed by atoms with van der Waals surface area (Å²) in [4.78, 5) is 2.39. The van der Waals surface area contributed by atoms with E-state index in [0.29, 0.717) is 6.10 Å². The lowest BCUT2D eigenvalue weighted by molar-refractivity contribution is -0.151. The molecule has 0 aromatic rings. The summed E-state index contributed by atoms with van der Waals surface area (Å²) in [6, 6.07) is 0. The van der Waals surface area contributed by atoms with Crippen LogP contribution in [0, 0.1) is 0 Å². The number of nitrogens with zero attached hydrogens (tertiary/aromatic N) is 1. The molecular weight excluding hydrogens is 202 g/mol. The molecule has 2 heterocycles. The fourth-order valence-corrected chi connectivity index (χ4v) is 2.46. The highest BCUT2D eigenvalue weighted by molar-refractivity contribution is 4.90. The van der Waals surface area contributed by atoms with Crippen LogP contribution >= 0.6 is 0 Å². The van der Waals surface area contributed by atoms with Crippen LogP contribution in [0.25, 0.3) is 0 Å². The minimum atomic E-state index is 0.196.